The van der Waals surface area contributed by atoms with Crippen molar-refractivity contribution in [3.05, 3.63) is 0 Å². The molecule has 15 heavy (non-hydrogen) atoms. The van der Waals surface area contributed by atoms with E-state index in [9.17, 15) is 0 Å². The molecule has 5 nitrogen and oxygen atoms in total. The zero-order valence-corrected chi connectivity index (χ0v) is 9.46. The van der Waals surface area contributed by atoms with Crippen molar-refractivity contribution in [1.82, 2.24) is 10.7 Å². The second kappa shape index (κ2) is 7.48. The van der Waals surface area contributed by atoms with Gasteiger partial charge in [-0.2, -0.15) is 0 Å². The Kier molecular flexibility index (Phi) is 6.11. The summed E-state index contributed by atoms with van der Waals surface area (Å²) in [6.45, 7) is 5.61. The smallest absolute Gasteiger partial charge is 0.205 e. The monoisotopic (exact) mass is 214 g/mol. The minimum absolute atomic E-state index is 0.691. The van der Waals surface area contributed by atoms with Gasteiger partial charge in [0.2, 0.25) is 5.96 Å². The molecular formula is C10H22N4O. The van der Waals surface area contributed by atoms with Crippen LogP contribution in [0.25, 0.3) is 0 Å². The van der Waals surface area contributed by atoms with Gasteiger partial charge in [0.05, 0.1) is 0 Å². The highest BCUT2D eigenvalue weighted by Gasteiger charge is 2.14. The standard InChI is InChI=1S/C10H22N4O/c1-2-5-12-10(14-11)13-6-3-9-4-7-15-8-9/h9H,2-8,11H2,1H3,(H2,12,13,14). The largest absolute Gasteiger partial charge is 0.381 e. The molecule has 0 aliphatic carbocycles. The molecule has 0 aromatic carbocycles. The summed E-state index contributed by atoms with van der Waals surface area (Å²) in [5, 5.41) is 3.19. The molecule has 1 rings (SSSR count). The first-order valence-electron chi connectivity index (χ1n) is 5.69. The number of rotatable bonds is 5. The molecule has 1 saturated heterocycles. The van der Waals surface area contributed by atoms with Gasteiger partial charge in [-0.1, -0.05) is 6.92 Å². The lowest BCUT2D eigenvalue weighted by molar-refractivity contribution is 0.184. The number of guanidine groups is 1. The molecule has 4 N–H and O–H groups in total. The minimum Gasteiger partial charge on any atom is -0.381 e. The van der Waals surface area contributed by atoms with E-state index in [1.165, 1.54) is 6.42 Å². The Labute approximate surface area is 91.4 Å². The molecule has 88 valence electrons. The van der Waals surface area contributed by atoms with Crippen LogP contribution in [0.15, 0.2) is 4.99 Å². The number of aliphatic imine (C=N–C) groups is 1. The third-order valence-electron chi connectivity index (χ3n) is 2.50. The lowest BCUT2D eigenvalue weighted by atomic mass is 10.1. The predicted molar refractivity (Wildman–Crippen MR) is 61.5 cm³/mol. The molecule has 0 radical (unpaired) electrons. The zero-order chi connectivity index (χ0) is 10.9. The molecule has 1 unspecified atom stereocenters. The maximum atomic E-state index is 5.34. The van der Waals surface area contributed by atoms with Crippen molar-refractivity contribution in [1.29, 1.82) is 0 Å². The highest BCUT2D eigenvalue weighted by Crippen LogP contribution is 2.14. The van der Waals surface area contributed by atoms with Gasteiger partial charge in [0.15, 0.2) is 0 Å². The van der Waals surface area contributed by atoms with Crippen LogP contribution in [-0.2, 0) is 4.74 Å². The number of nitrogens with one attached hydrogen (secondary N) is 2. The highest BCUT2D eigenvalue weighted by atomic mass is 16.5. The van der Waals surface area contributed by atoms with Gasteiger partial charge in [0.25, 0.3) is 0 Å². The van der Waals surface area contributed by atoms with E-state index in [1.807, 2.05) is 0 Å². The van der Waals surface area contributed by atoms with Crippen LogP contribution in [-0.4, -0.2) is 32.3 Å². The molecule has 1 fully saturated rings. The molecule has 1 aliphatic rings. The molecule has 0 bridgehead atoms. The third-order valence-corrected chi connectivity index (χ3v) is 2.50. The second-order valence-corrected chi connectivity index (χ2v) is 3.82. The lowest BCUT2D eigenvalue weighted by Gasteiger charge is -2.11. The van der Waals surface area contributed by atoms with Crippen molar-refractivity contribution in [3.63, 3.8) is 0 Å². The van der Waals surface area contributed by atoms with Gasteiger partial charge in [-0.05, 0) is 25.2 Å². The van der Waals surface area contributed by atoms with Gasteiger partial charge >= 0.3 is 0 Å². The Balaban J connectivity index is 2.10. The molecule has 5 heteroatoms. The van der Waals surface area contributed by atoms with Crippen molar-refractivity contribution >= 4 is 5.96 Å². The van der Waals surface area contributed by atoms with E-state index >= 15 is 0 Å². The normalized spacial score (nSPS) is 21.7. The van der Waals surface area contributed by atoms with E-state index in [4.69, 9.17) is 10.6 Å². The van der Waals surface area contributed by atoms with E-state index in [0.717, 1.165) is 39.1 Å². The van der Waals surface area contributed by atoms with Crippen LogP contribution >= 0.6 is 0 Å². The number of nitrogens with zero attached hydrogens (tertiary/aromatic N) is 1. The molecule has 1 aliphatic heterocycles. The molecular weight excluding hydrogens is 192 g/mol. The summed E-state index contributed by atoms with van der Waals surface area (Å²) in [4.78, 5) is 4.26. The number of hydrogen-bond donors (Lipinski definition) is 3. The van der Waals surface area contributed by atoms with E-state index in [1.54, 1.807) is 0 Å². The van der Waals surface area contributed by atoms with E-state index < -0.39 is 0 Å². The second-order valence-electron chi connectivity index (χ2n) is 3.82. The fraction of sp³-hybridized carbons (Fsp3) is 0.900. The third kappa shape index (κ3) is 4.99. The van der Waals surface area contributed by atoms with Crippen molar-refractivity contribution in [2.75, 3.05) is 26.3 Å². The topological polar surface area (TPSA) is 71.7 Å². The molecule has 0 aromatic rings. The maximum absolute atomic E-state index is 5.34. The molecule has 1 heterocycles. The van der Waals surface area contributed by atoms with Crippen molar-refractivity contribution in [2.24, 2.45) is 16.8 Å². The average molecular weight is 214 g/mol. The molecule has 0 spiro atoms. The SMILES string of the molecule is CCCN=C(NN)NCCC1CCOC1. The first-order valence-corrected chi connectivity index (χ1v) is 5.69. The highest BCUT2D eigenvalue weighted by molar-refractivity contribution is 5.79. The van der Waals surface area contributed by atoms with Crippen LogP contribution < -0.4 is 16.6 Å². The summed E-state index contributed by atoms with van der Waals surface area (Å²) in [7, 11) is 0. The molecule has 0 aromatic heterocycles. The van der Waals surface area contributed by atoms with E-state index in [2.05, 4.69) is 22.7 Å². The number of ether oxygens (including phenoxy) is 1. The van der Waals surface area contributed by atoms with Gasteiger partial charge in [-0.25, -0.2) is 5.84 Å². The Morgan fingerprint density at radius 1 is 1.60 bits per heavy atom. The van der Waals surface area contributed by atoms with Crippen molar-refractivity contribution in [3.8, 4) is 0 Å². The van der Waals surface area contributed by atoms with Gasteiger partial charge < -0.3 is 10.1 Å². The number of hydrogen-bond acceptors (Lipinski definition) is 3. The van der Waals surface area contributed by atoms with Gasteiger partial charge in [0.1, 0.15) is 0 Å². The summed E-state index contributed by atoms with van der Waals surface area (Å²) in [6, 6.07) is 0. The van der Waals surface area contributed by atoms with Crippen LogP contribution in [0.4, 0.5) is 0 Å². The van der Waals surface area contributed by atoms with E-state index in [0.29, 0.717) is 11.9 Å². The maximum Gasteiger partial charge on any atom is 0.205 e. The zero-order valence-electron chi connectivity index (χ0n) is 9.46. The quantitative estimate of drug-likeness (QED) is 0.265. The Morgan fingerprint density at radius 2 is 2.47 bits per heavy atom. The minimum atomic E-state index is 0.691. The van der Waals surface area contributed by atoms with Crippen molar-refractivity contribution < 1.29 is 4.74 Å². The first-order chi connectivity index (χ1) is 7.36. The molecule has 0 saturated carbocycles. The summed E-state index contributed by atoms with van der Waals surface area (Å²) >= 11 is 0. The fourth-order valence-electron chi connectivity index (χ4n) is 1.58. The van der Waals surface area contributed by atoms with Crippen LogP contribution in [0, 0.1) is 5.92 Å². The fourth-order valence-corrected chi connectivity index (χ4v) is 1.58. The Morgan fingerprint density at radius 3 is 3.07 bits per heavy atom. The van der Waals surface area contributed by atoms with Gasteiger partial charge in [-0.3, -0.25) is 10.4 Å². The van der Waals surface area contributed by atoms with Gasteiger partial charge in [0, 0.05) is 26.3 Å². The summed E-state index contributed by atoms with van der Waals surface area (Å²) in [5.41, 5.74) is 2.57. The Hall–Kier alpha value is -0.810. The van der Waals surface area contributed by atoms with Crippen LogP contribution in [0.2, 0.25) is 0 Å². The summed E-state index contributed by atoms with van der Waals surface area (Å²) in [5.74, 6) is 6.73. The van der Waals surface area contributed by atoms with Crippen molar-refractivity contribution in [2.45, 2.75) is 26.2 Å². The average Bonchev–Trinajstić information content (AvgIpc) is 2.76. The lowest BCUT2D eigenvalue weighted by Crippen LogP contribution is -2.42. The van der Waals surface area contributed by atoms with Gasteiger partial charge in [-0.15, -0.1) is 0 Å². The summed E-state index contributed by atoms with van der Waals surface area (Å²) < 4.78 is 5.31. The van der Waals surface area contributed by atoms with Crippen LogP contribution in [0.3, 0.4) is 0 Å². The summed E-state index contributed by atoms with van der Waals surface area (Å²) in [6.07, 6.45) is 3.33. The number of nitrogens with two attached hydrogens (primary N) is 1. The van der Waals surface area contributed by atoms with Crippen LogP contribution in [0.1, 0.15) is 26.2 Å². The first kappa shape index (κ1) is 12.3. The Bertz CT molecular complexity index is 190. The predicted octanol–water partition coefficient (Wildman–Crippen LogP) is 0.232. The molecule has 1 atom stereocenters. The van der Waals surface area contributed by atoms with Crippen LogP contribution in [0.5, 0.6) is 0 Å². The number of hydrazine groups is 1. The van der Waals surface area contributed by atoms with E-state index in [-0.39, 0.29) is 0 Å². The molecule has 0 amide bonds.